The van der Waals surface area contributed by atoms with Gasteiger partial charge in [-0.05, 0) is 64.4 Å². The van der Waals surface area contributed by atoms with Gasteiger partial charge in [0.05, 0.1) is 11.4 Å². The molecule has 1 N–H and O–H groups in total. The minimum Gasteiger partial charge on any atom is -0.441 e. The Morgan fingerprint density at radius 1 is 1.25 bits per heavy atom. The lowest BCUT2D eigenvalue weighted by molar-refractivity contribution is -0.118. The fraction of sp³-hybridized carbons (Fsp3) is 0.524. The molecule has 1 amide bonds. The monoisotopic (exact) mass is 403 g/mol. The van der Waals surface area contributed by atoms with Crippen LogP contribution in [-0.4, -0.2) is 51.9 Å². The maximum Gasteiger partial charge on any atom is 0.232 e. The van der Waals surface area contributed by atoms with Crippen molar-refractivity contribution in [3.05, 3.63) is 41.3 Å². The van der Waals surface area contributed by atoms with Gasteiger partial charge in [0, 0.05) is 22.9 Å². The van der Waals surface area contributed by atoms with Crippen LogP contribution in [0.2, 0.25) is 0 Å². The number of likely N-dealkylation sites (tertiary alicyclic amines) is 1. The molecule has 1 saturated heterocycles. The van der Waals surface area contributed by atoms with E-state index in [1.54, 1.807) is 0 Å². The lowest BCUT2D eigenvalue weighted by atomic mass is 10.1. The zero-order valence-electron chi connectivity index (χ0n) is 16.7. The van der Waals surface area contributed by atoms with Gasteiger partial charge >= 0.3 is 0 Å². The second kappa shape index (κ2) is 9.98. The number of aryl methyl sites for hydroxylation is 2. The Kier molecular flexibility index (Phi) is 7.39. The molecule has 0 spiro atoms. The SMILES string of the molecule is Cc1ccccc1-c1nc(CS(=O)CC(=O)NCCCN2CCCC2)c(C)o1. The standard InChI is InChI=1S/C21H29N3O3S/c1-16-8-3-4-9-18(16)21-23-19(17(2)27-21)14-28(26)15-20(25)22-10-7-13-24-11-5-6-12-24/h3-4,8-9H,5-7,10-15H2,1-2H3,(H,22,25). The van der Waals surface area contributed by atoms with E-state index in [1.165, 1.54) is 25.9 Å². The third-order valence-corrected chi connectivity index (χ3v) is 6.21. The van der Waals surface area contributed by atoms with Crippen LogP contribution in [0.1, 0.15) is 36.3 Å². The van der Waals surface area contributed by atoms with Crippen LogP contribution in [-0.2, 0) is 21.3 Å². The summed E-state index contributed by atoms with van der Waals surface area (Å²) in [6, 6.07) is 7.86. The van der Waals surface area contributed by atoms with Crippen LogP contribution >= 0.6 is 0 Å². The summed E-state index contributed by atoms with van der Waals surface area (Å²) in [5.41, 5.74) is 2.65. The smallest absolute Gasteiger partial charge is 0.232 e. The van der Waals surface area contributed by atoms with Gasteiger partial charge in [-0.15, -0.1) is 0 Å². The Hall–Kier alpha value is -1.99. The van der Waals surface area contributed by atoms with Crippen LogP contribution in [0.15, 0.2) is 28.7 Å². The number of hydrogen-bond acceptors (Lipinski definition) is 5. The average molecular weight is 404 g/mol. The summed E-state index contributed by atoms with van der Waals surface area (Å²) in [4.78, 5) is 19.0. The number of nitrogens with one attached hydrogen (secondary N) is 1. The Bertz CT molecular complexity index is 828. The van der Waals surface area contributed by atoms with E-state index in [4.69, 9.17) is 4.42 Å². The van der Waals surface area contributed by atoms with E-state index in [0.29, 0.717) is 23.9 Å². The highest BCUT2D eigenvalue weighted by Gasteiger charge is 2.17. The normalized spacial score (nSPS) is 15.6. The van der Waals surface area contributed by atoms with Crippen LogP contribution in [0.5, 0.6) is 0 Å². The molecule has 0 aliphatic carbocycles. The summed E-state index contributed by atoms with van der Waals surface area (Å²) in [6.07, 6.45) is 3.48. The van der Waals surface area contributed by atoms with E-state index in [0.717, 1.165) is 24.1 Å². The fourth-order valence-corrected chi connectivity index (χ4v) is 4.50. The number of oxazole rings is 1. The van der Waals surface area contributed by atoms with Gasteiger partial charge in [0.2, 0.25) is 11.8 Å². The number of benzene rings is 1. The maximum absolute atomic E-state index is 12.4. The lowest BCUT2D eigenvalue weighted by Crippen LogP contribution is -2.31. The van der Waals surface area contributed by atoms with Crippen LogP contribution in [0.25, 0.3) is 11.5 Å². The Morgan fingerprint density at radius 2 is 2.00 bits per heavy atom. The quantitative estimate of drug-likeness (QED) is 0.652. The Balaban J connectivity index is 1.45. The molecule has 1 aromatic heterocycles. The molecule has 3 rings (SSSR count). The van der Waals surface area contributed by atoms with Gasteiger partial charge in [0.1, 0.15) is 11.5 Å². The molecule has 2 aromatic rings. The lowest BCUT2D eigenvalue weighted by Gasteiger charge is -2.14. The van der Waals surface area contributed by atoms with Gasteiger partial charge < -0.3 is 14.6 Å². The summed E-state index contributed by atoms with van der Waals surface area (Å²) >= 11 is 0. The second-order valence-corrected chi connectivity index (χ2v) is 8.77. The highest BCUT2D eigenvalue weighted by atomic mass is 32.2. The summed E-state index contributed by atoms with van der Waals surface area (Å²) in [7, 11) is -1.31. The first kappa shape index (κ1) is 20.7. The van der Waals surface area contributed by atoms with E-state index < -0.39 is 10.8 Å². The van der Waals surface area contributed by atoms with Crippen molar-refractivity contribution in [3.63, 3.8) is 0 Å². The first-order valence-corrected chi connectivity index (χ1v) is 11.4. The minimum atomic E-state index is -1.31. The number of carbonyl (C=O) groups excluding carboxylic acids is 1. The maximum atomic E-state index is 12.4. The van der Waals surface area contributed by atoms with Gasteiger partial charge in [-0.3, -0.25) is 9.00 Å². The van der Waals surface area contributed by atoms with Gasteiger partial charge in [-0.2, -0.15) is 0 Å². The minimum absolute atomic E-state index is 0.00425. The van der Waals surface area contributed by atoms with Crippen LogP contribution in [0, 0.1) is 13.8 Å². The van der Waals surface area contributed by atoms with Crippen LogP contribution < -0.4 is 5.32 Å². The molecule has 1 fully saturated rings. The van der Waals surface area contributed by atoms with Crippen molar-refractivity contribution in [1.29, 1.82) is 0 Å². The number of nitrogens with zero attached hydrogens (tertiary/aromatic N) is 2. The first-order valence-electron chi connectivity index (χ1n) is 9.89. The van der Waals surface area contributed by atoms with Crippen molar-refractivity contribution < 1.29 is 13.4 Å². The molecule has 2 heterocycles. The molecular formula is C21H29N3O3S. The molecule has 0 radical (unpaired) electrons. The molecule has 1 aliphatic heterocycles. The molecule has 152 valence electrons. The number of rotatable bonds is 9. The van der Waals surface area contributed by atoms with Crippen molar-refractivity contribution in [3.8, 4) is 11.5 Å². The zero-order valence-corrected chi connectivity index (χ0v) is 17.5. The van der Waals surface area contributed by atoms with Crippen LogP contribution in [0.4, 0.5) is 0 Å². The molecule has 1 aliphatic rings. The zero-order chi connectivity index (χ0) is 19.9. The molecule has 0 bridgehead atoms. The Morgan fingerprint density at radius 3 is 2.75 bits per heavy atom. The van der Waals surface area contributed by atoms with Crippen molar-refractivity contribution in [2.24, 2.45) is 0 Å². The van der Waals surface area contributed by atoms with Crippen molar-refractivity contribution >= 4 is 16.7 Å². The largest absolute Gasteiger partial charge is 0.441 e. The van der Waals surface area contributed by atoms with Crippen molar-refractivity contribution in [2.75, 3.05) is 31.9 Å². The molecule has 1 atom stereocenters. The van der Waals surface area contributed by atoms with Gasteiger partial charge in [0.25, 0.3) is 0 Å². The van der Waals surface area contributed by atoms with Crippen LogP contribution in [0.3, 0.4) is 0 Å². The predicted octanol–water partition coefficient (Wildman–Crippen LogP) is 2.81. The molecule has 6 nitrogen and oxygen atoms in total. The highest BCUT2D eigenvalue weighted by molar-refractivity contribution is 7.84. The summed E-state index contributed by atoms with van der Waals surface area (Å²) in [6.45, 7) is 7.80. The molecule has 28 heavy (non-hydrogen) atoms. The second-order valence-electron chi connectivity index (χ2n) is 7.32. The third kappa shape index (κ3) is 5.75. The van der Waals surface area contributed by atoms with E-state index >= 15 is 0 Å². The number of hydrogen-bond donors (Lipinski definition) is 1. The third-order valence-electron chi connectivity index (χ3n) is 5.03. The number of carbonyl (C=O) groups is 1. The predicted molar refractivity (Wildman–Crippen MR) is 111 cm³/mol. The molecule has 1 unspecified atom stereocenters. The fourth-order valence-electron chi connectivity index (χ4n) is 3.43. The van der Waals surface area contributed by atoms with E-state index in [1.807, 2.05) is 38.1 Å². The summed E-state index contributed by atoms with van der Waals surface area (Å²) in [5.74, 6) is 1.24. The van der Waals surface area contributed by atoms with Gasteiger partial charge in [0.15, 0.2) is 0 Å². The molecule has 1 aromatic carbocycles. The van der Waals surface area contributed by atoms with E-state index in [9.17, 15) is 9.00 Å². The van der Waals surface area contributed by atoms with E-state index in [2.05, 4.69) is 15.2 Å². The van der Waals surface area contributed by atoms with Gasteiger partial charge in [-0.25, -0.2) is 4.98 Å². The topological polar surface area (TPSA) is 75.4 Å². The molecular weight excluding hydrogens is 374 g/mol. The van der Waals surface area contributed by atoms with Gasteiger partial charge in [-0.1, -0.05) is 18.2 Å². The van der Waals surface area contributed by atoms with Crippen molar-refractivity contribution in [1.82, 2.24) is 15.2 Å². The average Bonchev–Trinajstić information content (AvgIpc) is 3.29. The summed E-state index contributed by atoms with van der Waals surface area (Å²) < 4.78 is 18.2. The molecule has 0 saturated carbocycles. The highest BCUT2D eigenvalue weighted by Crippen LogP contribution is 2.25. The van der Waals surface area contributed by atoms with E-state index in [-0.39, 0.29) is 17.4 Å². The van der Waals surface area contributed by atoms with Crippen molar-refractivity contribution in [2.45, 2.75) is 38.9 Å². The summed E-state index contributed by atoms with van der Waals surface area (Å²) in [5, 5.41) is 2.87. The molecule has 7 heteroatoms. The Labute approximate surface area is 169 Å². The first-order chi connectivity index (χ1) is 13.5. The number of amides is 1. The number of aromatic nitrogens is 1.